The average molecular weight is 594 g/mol. The maximum Gasteiger partial charge on any atom is 0.341 e. The fourth-order valence-electron chi connectivity index (χ4n) is 4.45. The van der Waals surface area contributed by atoms with Gasteiger partial charge in [0.15, 0.2) is 29.7 Å². The van der Waals surface area contributed by atoms with Crippen LogP contribution in [-0.4, -0.2) is 75.7 Å². The molecule has 2 aromatic carbocycles. The molecule has 0 radical (unpaired) electrons. The van der Waals surface area contributed by atoms with Crippen molar-refractivity contribution in [3.05, 3.63) is 46.3 Å². The summed E-state index contributed by atoms with van der Waals surface area (Å²) in [6.45, 7) is 8.44. The molecule has 11 nitrogen and oxygen atoms in total. The van der Waals surface area contributed by atoms with Gasteiger partial charge in [0.05, 0.1) is 37.3 Å². The summed E-state index contributed by atoms with van der Waals surface area (Å²) >= 11 is 0. The number of rotatable bonds is 12. The van der Waals surface area contributed by atoms with Crippen molar-refractivity contribution < 1.29 is 41.7 Å². The first-order valence-corrected chi connectivity index (χ1v) is 14.8. The molecule has 2 N–H and O–H groups in total. The van der Waals surface area contributed by atoms with Crippen LogP contribution in [0, 0.1) is 11.2 Å². The zero-order chi connectivity index (χ0) is 30.9. The number of carbonyl (C=O) groups is 2. The molecule has 0 aromatic heterocycles. The van der Waals surface area contributed by atoms with Crippen molar-refractivity contribution >= 4 is 33.3 Å². The van der Waals surface area contributed by atoms with Gasteiger partial charge in [-0.2, -0.15) is 0 Å². The van der Waals surface area contributed by atoms with E-state index in [0.29, 0.717) is 11.1 Å². The number of fused-ring (bicyclic) bond motifs is 1. The van der Waals surface area contributed by atoms with Crippen LogP contribution in [0.2, 0.25) is 0 Å². The predicted molar refractivity (Wildman–Crippen MR) is 152 cm³/mol. The minimum absolute atomic E-state index is 0.00179. The molecular formula is C28H36FN3O8S. The van der Waals surface area contributed by atoms with Crippen LogP contribution in [-0.2, 0) is 26.8 Å². The third-order valence-electron chi connectivity index (χ3n) is 6.48. The normalized spacial score (nSPS) is 13.2. The van der Waals surface area contributed by atoms with Crippen molar-refractivity contribution in [1.82, 2.24) is 4.90 Å². The van der Waals surface area contributed by atoms with Crippen LogP contribution in [0.1, 0.15) is 61.7 Å². The van der Waals surface area contributed by atoms with E-state index in [2.05, 4.69) is 0 Å². The van der Waals surface area contributed by atoms with E-state index in [0.717, 1.165) is 10.6 Å². The number of nitrogens with one attached hydrogen (secondary N) is 1. The Hall–Kier alpha value is -3.87. The highest BCUT2D eigenvalue weighted by Gasteiger charge is 2.34. The smallest absolute Gasteiger partial charge is 0.341 e. The molecule has 0 amide bonds. The van der Waals surface area contributed by atoms with Gasteiger partial charge >= 0.3 is 5.97 Å². The van der Waals surface area contributed by atoms with Crippen LogP contribution in [0.15, 0.2) is 18.2 Å². The molecule has 2 aromatic rings. The summed E-state index contributed by atoms with van der Waals surface area (Å²) in [4.78, 5) is 26.3. The maximum absolute atomic E-state index is 15.5. The topological polar surface area (TPSA) is 147 Å². The zero-order valence-corrected chi connectivity index (χ0v) is 25.1. The van der Waals surface area contributed by atoms with Gasteiger partial charge in [0.25, 0.3) is 0 Å². The average Bonchev–Trinajstić information content (AvgIpc) is 3.17. The van der Waals surface area contributed by atoms with Crippen LogP contribution in [0.5, 0.6) is 17.2 Å². The lowest BCUT2D eigenvalue weighted by Crippen LogP contribution is -2.31. The van der Waals surface area contributed by atoms with Crippen molar-refractivity contribution in [1.29, 1.82) is 5.41 Å². The van der Waals surface area contributed by atoms with Gasteiger partial charge in [-0.25, -0.2) is 17.6 Å². The van der Waals surface area contributed by atoms with Crippen LogP contribution in [0.25, 0.3) is 0 Å². The Morgan fingerprint density at radius 2 is 1.73 bits per heavy atom. The molecular weight excluding hydrogens is 557 g/mol. The number of benzene rings is 2. The second kappa shape index (κ2) is 11.9. The van der Waals surface area contributed by atoms with E-state index in [1.54, 1.807) is 19.9 Å². The third kappa shape index (κ3) is 6.72. The number of carboxylic acid groups (broad SMARTS) is 1. The number of aliphatic carboxylic acids is 1. The van der Waals surface area contributed by atoms with Gasteiger partial charge in [0.2, 0.25) is 10.0 Å². The molecule has 1 aliphatic heterocycles. The lowest BCUT2D eigenvalue weighted by molar-refractivity contribution is -0.139. The number of amidine groups is 1. The SMILES string of the molecule is CCOc1cc2c(c(F)c1OCC)C(=N)N(CC(=O)c1cc(N(C)S(C)(=O)=O)c(OCC(=O)O)c(C(C)(C)C)c1)C2. The standard InChI is InChI=1S/C28H36FN3O8S/c1-8-38-21-12-17-13-32(27(30)23(17)24(29)26(21)39-9-2)14-20(33)16-10-18(28(3,4)5)25(40-15-22(34)35)19(11-16)31(6)41(7,36)37/h10-12,30H,8-9,13-15H2,1-7H3,(H,34,35). The number of Topliss-reactive ketones (excluding diaryl/α,β-unsaturated/α-hetero) is 1. The number of ketones is 1. The number of anilines is 1. The van der Waals surface area contributed by atoms with Gasteiger partial charge in [0, 0.05) is 24.7 Å². The molecule has 3 rings (SSSR count). The minimum Gasteiger partial charge on any atom is -0.490 e. The van der Waals surface area contributed by atoms with Crippen molar-refractivity contribution in [3.8, 4) is 17.2 Å². The van der Waals surface area contributed by atoms with Crippen molar-refractivity contribution in [2.75, 3.05) is 44.0 Å². The highest BCUT2D eigenvalue weighted by molar-refractivity contribution is 7.92. The molecule has 1 heterocycles. The molecule has 0 aliphatic carbocycles. The molecule has 0 fully saturated rings. The summed E-state index contributed by atoms with van der Waals surface area (Å²) in [7, 11) is -2.55. The lowest BCUT2D eigenvalue weighted by atomic mass is 9.84. The van der Waals surface area contributed by atoms with Gasteiger partial charge in [0.1, 0.15) is 11.6 Å². The summed E-state index contributed by atoms with van der Waals surface area (Å²) in [5.41, 5.74) is 0.356. The molecule has 1 aliphatic rings. The number of hydrogen-bond acceptors (Lipinski definition) is 8. The third-order valence-corrected chi connectivity index (χ3v) is 7.67. The highest BCUT2D eigenvalue weighted by atomic mass is 32.2. The molecule has 13 heteroatoms. The summed E-state index contributed by atoms with van der Waals surface area (Å²) < 4.78 is 57.9. The number of halogens is 1. The van der Waals surface area contributed by atoms with Gasteiger partial charge in [-0.15, -0.1) is 0 Å². The highest BCUT2D eigenvalue weighted by Crippen LogP contribution is 2.42. The van der Waals surface area contributed by atoms with Crippen molar-refractivity contribution in [2.45, 2.75) is 46.6 Å². The molecule has 0 unspecified atom stereocenters. The second-order valence-corrected chi connectivity index (χ2v) is 12.6. The zero-order valence-electron chi connectivity index (χ0n) is 24.3. The Bertz CT molecular complexity index is 1480. The van der Waals surface area contributed by atoms with E-state index in [9.17, 15) is 23.1 Å². The summed E-state index contributed by atoms with van der Waals surface area (Å²) in [6.07, 6.45) is 0.976. The van der Waals surface area contributed by atoms with E-state index >= 15 is 4.39 Å². The number of carboxylic acids is 1. The number of hydrogen-bond donors (Lipinski definition) is 2. The van der Waals surface area contributed by atoms with Crippen molar-refractivity contribution in [2.24, 2.45) is 0 Å². The predicted octanol–water partition coefficient (Wildman–Crippen LogP) is 3.80. The van der Waals surface area contributed by atoms with Crippen LogP contribution >= 0.6 is 0 Å². The van der Waals surface area contributed by atoms with Crippen molar-refractivity contribution in [3.63, 3.8) is 0 Å². The summed E-state index contributed by atoms with van der Waals surface area (Å²) in [5, 5.41) is 17.8. The summed E-state index contributed by atoms with van der Waals surface area (Å²) in [5.74, 6) is -2.49. The first-order chi connectivity index (χ1) is 19.0. The minimum atomic E-state index is -3.83. The van der Waals surface area contributed by atoms with Gasteiger partial charge in [-0.05, 0) is 43.0 Å². The second-order valence-electron chi connectivity index (χ2n) is 10.6. The van der Waals surface area contributed by atoms with Crippen LogP contribution in [0.4, 0.5) is 10.1 Å². The molecule has 0 spiro atoms. The monoisotopic (exact) mass is 593 g/mol. The quantitative estimate of drug-likeness (QED) is 0.351. The van der Waals surface area contributed by atoms with E-state index in [1.807, 2.05) is 20.8 Å². The molecule has 0 bridgehead atoms. The Morgan fingerprint density at radius 1 is 1.10 bits per heavy atom. The van der Waals surface area contributed by atoms with Gasteiger partial charge < -0.3 is 24.2 Å². The lowest BCUT2D eigenvalue weighted by Gasteiger charge is -2.28. The first-order valence-electron chi connectivity index (χ1n) is 13.0. The molecule has 0 saturated heterocycles. The Morgan fingerprint density at radius 3 is 2.27 bits per heavy atom. The number of carbonyl (C=O) groups excluding carboxylic acids is 1. The molecule has 0 saturated carbocycles. The maximum atomic E-state index is 15.5. The number of sulfonamides is 1. The molecule has 224 valence electrons. The molecule has 0 atom stereocenters. The fraction of sp³-hybridized carbons (Fsp3) is 0.464. The van der Waals surface area contributed by atoms with Crippen LogP contribution < -0.4 is 18.5 Å². The summed E-state index contributed by atoms with van der Waals surface area (Å²) in [6, 6.07) is 4.47. The Kier molecular flexibility index (Phi) is 9.21. The van der Waals surface area contributed by atoms with E-state index in [-0.39, 0.29) is 66.2 Å². The fourth-order valence-corrected chi connectivity index (χ4v) is 4.95. The van der Waals surface area contributed by atoms with Gasteiger partial charge in [-0.1, -0.05) is 20.8 Å². The number of nitrogens with zero attached hydrogens (tertiary/aromatic N) is 2. The van der Waals surface area contributed by atoms with E-state index < -0.39 is 39.6 Å². The molecule has 41 heavy (non-hydrogen) atoms. The number of ether oxygens (including phenoxy) is 3. The van der Waals surface area contributed by atoms with Crippen LogP contribution in [0.3, 0.4) is 0 Å². The van der Waals surface area contributed by atoms with Gasteiger partial charge in [-0.3, -0.25) is 14.5 Å². The van der Waals surface area contributed by atoms with E-state index in [4.69, 9.17) is 19.6 Å². The first kappa shape index (κ1) is 31.7. The van der Waals surface area contributed by atoms with E-state index in [1.165, 1.54) is 24.1 Å². The largest absolute Gasteiger partial charge is 0.490 e. The Balaban J connectivity index is 2.06. The Labute approximate surface area is 239 Å².